The second-order valence-electron chi connectivity index (χ2n) is 18.2. The third-order valence-electron chi connectivity index (χ3n) is 11.4. The summed E-state index contributed by atoms with van der Waals surface area (Å²) in [7, 11) is 0. The monoisotopic (exact) mass is 979 g/mol. The number of ether oxygens (including phenoxy) is 3. The van der Waals surface area contributed by atoms with Gasteiger partial charge in [-0.3, -0.25) is 14.4 Å². The van der Waals surface area contributed by atoms with Crippen LogP contribution in [0.1, 0.15) is 226 Å². The molecule has 0 saturated carbocycles. The fourth-order valence-corrected chi connectivity index (χ4v) is 7.24. The Morgan fingerprint density at radius 2 is 0.606 bits per heavy atom. The van der Waals surface area contributed by atoms with Gasteiger partial charge in [-0.05, 0) is 109 Å². The first-order valence-electron chi connectivity index (χ1n) is 28.4. The number of rotatable bonds is 49. The highest BCUT2D eigenvalue weighted by Gasteiger charge is 2.19. The zero-order valence-electron chi connectivity index (χ0n) is 45.4. The quantitative estimate of drug-likeness (QED) is 0.0199. The maximum absolute atomic E-state index is 12.9. The molecule has 0 radical (unpaired) electrons. The smallest absolute Gasteiger partial charge is 0.306 e. The summed E-state index contributed by atoms with van der Waals surface area (Å²) in [5.74, 6) is -0.964. The first-order valence-corrected chi connectivity index (χ1v) is 28.4. The van der Waals surface area contributed by atoms with Gasteiger partial charge in [0.2, 0.25) is 0 Å². The van der Waals surface area contributed by atoms with Gasteiger partial charge in [0.1, 0.15) is 13.2 Å². The van der Waals surface area contributed by atoms with Crippen molar-refractivity contribution in [2.75, 3.05) is 13.2 Å². The summed E-state index contributed by atoms with van der Waals surface area (Å²) in [4.78, 5) is 38.2. The van der Waals surface area contributed by atoms with Crippen LogP contribution in [0.15, 0.2) is 146 Å². The molecule has 0 spiro atoms. The third-order valence-corrected chi connectivity index (χ3v) is 11.4. The molecule has 71 heavy (non-hydrogen) atoms. The van der Waals surface area contributed by atoms with Crippen molar-refractivity contribution >= 4 is 17.9 Å². The molecule has 0 bridgehead atoms. The maximum atomic E-state index is 12.9. The van der Waals surface area contributed by atoms with Crippen LogP contribution in [-0.4, -0.2) is 37.2 Å². The zero-order chi connectivity index (χ0) is 51.4. The number of carbonyl (C=O) groups excluding carboxylic acids is 3. The number of hydrogen-bond acceptors (Lipinski definition) is 6. The fraction of sp³-hybridized carbons (Fsp3) is 0.585. The highest BCUT2D eigenvalue weighted by atomic mass is 16.6. The van der Waals surface area contributed by atoms with Gasteiger partial charge in [0.25, 0.3) is 0 Å². The highest BCUT2D eigenvalue weighted by molar-refractivity contribution is 5.71. The summed E-state index contributed by atoms with van der Waals surface area (Å²) in [5, 5.41) is 0. The molecule has 0 aliphatic carbocycles. The first kappa shape index (κ1) is 66.3. The lowest BCUT2D eigenvalue weighted by Crippen LogP contribution is -2.30. The Kier molecular flexibility index (Phi) is 54.0. The van der Waals surface area contributed by atoms with Crippen LogP contribution in [0, 0.1) is 0 Å². The topological polar surface area (TPSA) is 78.9 Å². The van der Waals surface area contributed by atoms with Crippen LogP contribution < -0.4 is 0 Å². The Bertz CT molecular complexity index is 1590. The standard InChI is InChI=1S/C65H102O6/c1-4-7-10-13-16-19-22-25-28-31-33-35-37-40-43-46-49-52-55-58-64(67)70-61-62(60-69-63(66)57-54-51-48-45-42-39-36-30-27-24-21-18-15-12-9-6-3)71-65(68)59-56-53-50-47-44-41-38-34-32-29-26-23-20-17-14-11-8-5-2/h7,9-12,14,16-21,23,25-30,32-35,38,62H,4-6,8,13,15,22,24,31,36-37,39-61H2,1-3H3/b10-7-,12-9-,14-11-,19-16-,20-17-,21-18-,26-23-,28-25-,30-27-,32-29-,35-33-,38-34-. The molecular weight excluding hydrogens is 877 g/mol. The Hall–Kier alpha value is -4.71. The molecule has 0 aliphatic rings. The Morgan fingerprint density at radius 3 is 0.986 bits per heavy atom. The van der Waals surface area contributed by atoms with Crippen LogP contribution in [0.25, 0.3) is 0 Å². The lowest BCUT2D eigenvalue weighted by molar-refractivity contribution is -0.167. The molecule has 0 fully saturated rings. The summed E-state index contributed by atoms with van der Waals surface area (Å²) in [5.41, 5.74) is 0. The Balaban J connectivity index is 4.53. The van der Waals surface area contributed by atoms with E-state index in [1.165, 1.54) is 32.1 Å². The molecule has 1 atom stereocenters. The molecule has 1 unspecified atom stereocenters. The van der Waals surface area contributed by atoms with E-state index in [1.807, 2.05) is 24.3 Å². The molecule has 0 aliphatic heterocycles. The predicted molar refractivity (Wildman–Crippen MR) is 306 cm³/mol. The SMILES string of the molecule is CC/C=C\C/C=C\C/C=C\C/C=C\CCCCCCCCC(=O)OCC(COC(=O)CCCCCCCC/C=C\C/C=C\C/C=C\CC)OC(=O)CCCCCCC\C=C/C=C\C=C/C=C\C=C/CCC. The van der Waals surface area contributed by atoms with Gasteiger partial charge in [0.15, 0.2) is 6.10 Å². The molecule has 0 amide bonds. The van der Waals surface area contributed by atoms with E-state index in [0.29, 0.717) is 12.8 Å². The van der Waals surface area contributed by atoms with Gasteiger partial charge in [-0.25, -0.2) is 0 Å². The summed E-state index contributed by atoms with van der Waals surface area (Å²) < 4.78 is 16.8. The summed E-state index contributed by atoms with van der Waals surface area (Å²) in [6.45, 7) is 6.27. The number of allylic oxidation sites excluding steroid dienone is 24. The molecule has 0 saturated heterocycles. The van der Waals surface area contributed by atoms with Crippen LogP contribution in [0.2, 0.25) is 0 Å². The second-order valence-corrected chi connectivity index (χ2v) is 18.2. The molecule has 0 heterocycles. The van der Waals surface area contributed by atoms with E-state index in [0.717, 1.165) is 154 Å². The van der Waals surface area contributed by atoms with Crippen molar-refractivity contribution in [3.8, 4) is 0 Å². The molecule has 0 aromatic rings. The van der Waals surface area contributed by atoms with Crippen molar-refractivity contribution in [1.29, 1.82) is 0 Å². The summed E-state index contributed by atoms with van der Waals surface area (Å²) >= 11 is 0. The normalized spacial score (nSPS) is 13.2. The molecule has 398 valence electrons. The van der Waals surface area contributed by atoms with Crippen LogP contribution in [0.4, 0.5) is 0 Å². The number of unbranched alkanes of at least 4 members (excludes halogenated alkanes) is 18. The molecular formula is C65H102O6. The lowest BCUT2D eigenvalue weighted by Gasteiger charge is -2.18. The van der Waals surface area contributed by atoms with Gasteiger partial charge in [-0.15, -0.1) is 0 Å². The van der Waals surface area contributed by atoms with Gasteiger partial charge in [-0.2, -0.15) is 0 Å². The first-order chi connectivity index (χ1) is 35.0. The minimum atomic E-state index is -0.811. The minimum Gasteiger partial charge on any atom is -0.462 e. The van der Waals surface area contributed by atoms with E-state index in [4.69, 9.17) is 14.2 Å². The van der Waals surface area contributed by atoms with E-state index in [-0.39, 0.29) is 37.5 Å². The van der Waals surface area contributed by atoms with E-state index < -0.39 is 6.10 Å². The third kappa shape index (κ3) is 56.1. The molecule has 6 nitrogen and oxygen atoms in total. The van der Waals surface area contributed by atoms with Crippen LogP contribution in [-0.2, 0) is 28.6 Å². The molecule has 0 rings (SSSR count). The predicted octanol–water partition coefficient (Wildman–Crippen LogP) is 19.2. The maximum Gasteiger partial charge on any atom is 0.306 e. The van der Waals surface area contributed by atoms with E-state index >= 15 is 0 Å². The van der Waals surface area contributed by atoms with Gasteiger partial charge in [0.05, 0.1) is 0 Å². The highest BCUT2D eigenvalue weighted by Crippen LogP contribution is 2.14. The Morgan fingerprint density at radius 1 is 0.310 bits per heavy atom. The van der Waals surface area contributed by atoms with Gasteiger partial charge < -0.3 is 14.2 Å². The number of carbonyl (C=O) groups is 3. The average molecular weight is 980 g/mol. The molecule has 6 heteroatoms. The van der Waals surface area contributed by atoms with E-state index in [2.05, 4.69) is 142 Å². The van der Waals surface area contributed by atoms with Crippen molar-refractivity contribution in [1.82, 2.24) is 0 Å². The fourth-order valence-electron chi connectivity index (χ4n) is 7.24. The molecule has 0 aromatic heterocycles. The lowest BCUT2D eigenvalue weighted by atomic mass is 10.1. The number of esters is 3. The van der Waals surface area contributed by atoms with E-state index in [1.54, 1.807) is 0 Å². The van der Waals surface area contributed by atoms with E-state index in [9.17, 15) is 14.4 Å². The largest absolute Gasteiger partial charge is 0.462 e. The van der Waals surface area contributed by atoms with Crippen molar-refractivity contribution < 1.29 is 28.6 Å². The van der Waals surface area contributed by atoms with Crippen molar-refractivity contribution in [2.45, 2.75) is 232 Å². The van der Waals surface area contributed by atoms with Crippen LogP contribution in [0.3, 0.4) is 0 Å². The average Bonchev–Trinajstić information content (AvgIpc) is 3.37. The van der Waals surface area contributed by atoms with Gasteiger partial charge in [-0.1, -0.05) is 244 Å². The molecule has 0 N–H and O–H groups in total. The van der Waals surface area contributed by atoms with Crippen molar-refractivity contribution in [3.05, 3.63) is 146 Å². The van der Waals surface area contributed by atoms with Crippen LogP contribution in [0.5, 0.6) is 0 Å². The van der Waals surface area contributed by atoms with Gasteiger partial charge >= 0.3 is 17.9 Å². The van der Waals surface area contributed by atoms with Crippen LogP contribution >= 0.6 is 0 Å². The van der Waals surface area contributed by atoms with Crippen molar-refractivity contribution in [2.24, 2.45) is 0 Å². The zero-order valence-corrected chi connectivity index (χ0v) is 45.4. The Labute approximate surface area is 436 Å². The summed E-state index contributed by atoms with van der Waals surface area (Å²) in [6, 6.07) is 0. The molecule has 0 aromatic carbocycles. The number of hydrogen-bond donors (Lipinski definition) is 0. The second kappa shape index (κ2) is 57.9. The summed E-state index contributed by atoms with van der Waals surface area (Å²) in [6.07, 6.45) is 82.5. The van der Waals surface area contributed by atoms with Gasteiger partial charge in [0, 0.05) is 19.3 Å². The van der Waals surface area contributed by atoms with Crippen molar-refractivity contribution in [3.63, 3.8) is 0 Å². The minimum absolute atomic E-state index is 0.106.